The van der Waals surface area contributed by atoms with E-state index in [2.05, 4.69) is 16.8 Å². The molecule has 0 aromatic carbocycles. The quantitative estimate of drug-likeness (QED) is 0.567. The smallest absolute Gasteiger partial charge is 0.287 e. The lowest BCUT2D eigenvalue weighted by atomic mass is 10.0. The molecule has 1 saturated heterocycles. The highest BCUT2D eigenvalue weighted by atomic mass is 16.6. The van der Waals surface area contributed by atoms with E-state index in [-0.39, 0.29) is 5.69 Å². The minimum absolute atomic E-state index is 0.0498. The Morgan fingerprint density at radius 3 is 2.94 bits per heavy atom. The summed E-state index contributed by atoms with van der Waals surface area (Å²) >= 11 is 0. The molecular weight excluding hydrogens is 206 g/mol. The maximum atomic E-state index is 10.5. The van der Waals surface area contributed by atoms with Gasteiger partial charge in [0.05, 0.1) is 4.92 Å². The molecule has 0 spiro atoms. The SMILES string of the molecule is C[C@H]1CCCN(c2ccc([N+](=O)[O-])cn2)C1. The number of nitrogens with zero attached hydrogens (tertiary/aromatic N) is 3. The average molecular weight is 221 g/mol. The summed E-state index contributed by atoms with van der Waals surface area (Å²) < 4.78 is 0. The molecule has 2 rings (SSSR count). The number of piperidine rings is 1. The van der Waals surface area contributed by atoms with Crippen LogP contribution in [-0.4, -0.2) is 23.0 Å². The Morgan fingerprint density at radius 1 is 1.56 bits per heavy atom. The molecule has 16 heavy (non-hydrogen) atoms. The first-order valence-electron chi connectivity index (χ1n) is 5.52. The number of nitro groups is 1. The van der Waals surface area contributed by atoms with Gasteiger partial charge in [-0.3, -0.25) is 10.1 Å². The molecule has 0 amide bonds. The second kappa shape index (κ2) is 4.47. The second-order valence-electron chi connectivity index (χ2n) is 4.33. The van der Waals surface area contributed by atoms with Gasteiger partial charge in [-0.1, -0.05) is 6.92 Å². The lowest BCUT2D eigenvalue weighted by Gasteiger charge is -2.31. The van der Waals surface area contributed by atoms with Crippen molar-refractivity contribution in [3.63, 3.8) is 0 Å². The fourth-order valence-electron chi connectivity index (χ4n) is 2.07. The third-order valence-electron chi connectivity index (χ3n) is 2.92. The predicted molar refractivity (Wildman–Crippen MR) is 61.5 cm³/mol. The van der Waals surface area contributed by atoms with Gasteiger partial charge in [-0.05, 0) is 24.8 Å². The van der Waals surface area contributed by atoms with Crippen molar-refractivity contribution in [2.24, 2.45) is 5.92 Å². The number of rotatable bonds is 2. The molecule has 0 radical (unpaired) electrons. The summed E-state index contributed by atoms with van der Waals surface area (Å²) in [6, 6.07) is 3.25. The molecule has 0 bridgehead atoms. The highest BCUT2D eigenvalue weighted by Gasteiger charge is 2.18. The van der Waals surface area contributed by atoms with Crippen molar-refractivity contribution >= 4 is 11.5 Å². The van der Waals surface area contributed by atoms with Crippen molar-refractivity contribution < 1.29 is 4.92 Å². The Labute approximate surface area is 94.2 Å². The maximum Gasteiger partial charge on any atom is 0.287 e. The first-order valence-corrected chi connectivity index (χ1v) is 5.52. The van der Waals surface area contributed by atoms with Gasteiger partial charge >= 0.3 is 0 Å². The van der Waals surface area contributed by atoms with Crippen molar-refractivity contribution in [3.05, 3.63) is 28.4 Å². The van der Waals surface area contributed by atoms with E-state index in [1.165, 1.54) is 25.1 Å². The lowest BCUT2D eigenvalue weighted by molar-refractivity contribution is -0.385. The highest BCUT2D eigenvalue weighted by molar-refractivity contribution is 5.43. The van der Waals surface area contributed by atoms with Gasteiger partial charge in [0.25, 0.3) is 5.69 Å². The molecule has 1 aromatic heterocycles. The predicted octanol–water partition coefficient (Wildman–Crippen LogP) is 2.23. The van der Waals surface area contributed by atoms with E-state index in [9.17, 15) is 10.1 Å². The van der Waals surface area contributed by atoms with E-state index in [1.54, 1.807) is 6.07 Å². The molecule has 1 aliphatic rings. The number of hydrogen-bond donors (Lipinski definition) is 0. The molecule has 1 aliphatic heterocycles. The van der Waals surface area contributed by atoms with Gasteiger partial charge in [0, 0.05) is 19.2 Å². The third-order valence-corrected chi connectivity index (χ3v) is 2.92. The Balaban J connectivity index is 2.11. The van der Waals surface area contributed by atoms with Gasteiger partial charge in [-0.25, -0.2) is 4.98 Å². The van der Waals surface area contributed by atoms with Crippen LogP contribution < -0.4 is 4.90 Å². The first kappa shape index (κ1) is 10.9. The van der Waals surface area contributed by atoms with Gasteiger partial charge in [-0.15, -0.1) is 0 Å². The van der Waals surface area contributed by atoms with Crippen molar-refractivity contribution in [2.75, 3.05) is 18.0 Å². The van der Waals surface area contributed by atoms with Crippen LogP contribution in [0.4, 0.5) is 11.5 Å². The Kier molecular flexibility index (Phi) is 3.03. The maximum absolute atomic E-state index is 10.5. The third kappa shape index (κ3) is 2.29. The van der Waals surface area contributed by atoms with Crippen LogP contribution in [0.1, 0.15) is 19.8 Å². The molecule has 0 N–H and O–H groups in total. The Hall–Kier alpha value is -1.65. The fraction of sp³-hybridized carbons (Fsp3) is 0.545. The fourth-order valence-corrected chi connectivity index (χ4v) is 2.07. The van der Waals surface area contributed by atoms with Crippen LogP contribution in [0.15, 0.2) is 18.3 Å². The lowest BCUT2D eigenvalue weighted by Crippen LogP contribution is -2.34. The standard InChI is InChI=1S/C11H15N3O2/c1-9-3-2-6-13(8-9)11-5-4-10(7-12-11)14(15)16/h4-5,7,9H,2-3,6,8H2,1H3/t9-/m0/s1. The van der Waals surface area contributed by atoms with Crippen LogP contribution in [0.25, 0.3) is 0 Å². The van der Waals surface area contributed by atoms with E-state index in [0.717, 1.165) is 18.9 Å². The Morgan fingerprint density at radius 2 is 2.38 bits per heavy atom. The summed E-state index contributed by atoms with van der Waals surface area (Å²) in [4.78, 5) is 16.4. The molecule has 1 aromatic rings. The summed E-state index contributed by atoms with van der Waals surface area (Å²) in [6.45, 7) is 4.21. The van der Waals surface area contributed by atoms with Crippen LogP contribution in [-0.2, 0) is 0 Å². The van der Waals surface area contributed by atoms with Crippen molar-refractivity contribution in [2.45, 2.75) is 19.8 Å². The minimum atomic E-state index is -0.421. The molecule has 1 atom stereocenters. The monoisotopic (exact) mass is 221 g/mol. The van der Waals surface area contributed by atoms with Crippen molar-refractivity contribution in [3.8, 4) is 0 Å². The molecule has 2 heterocycles. The summed E-state index contributed by atoms with van der Waals surface area (Å²) in [5.74, 6) is 1.52. The second-order valence-corrected chi connectivity index (χ2v) is 4.33. The van der Waals surface area contributed by atoms with Gasteiger partial charge in [0.1, 0.15) is 12.0 Å². The zero-order valence-corrected chi connectivity index (χ0v) is 9.30. The molecule has 86 valence electrons. The van der Waals surface area contributed by atoms with Gasteiger partial charge in [0.2, 0.25) is 0 Å². The molecule has 0 saturated carbocycles. The van der Waals surface area contributed by atoms with E-state index >= 15 is 0 Å². The van der Waals surface area contributed by atoms with Crippen LogP contribution in [0.3, 0.4) is 0 Å². The van der Waals surface area contributed by atoms with Gasteiger partial charge in [-0.2, -0.15) is 0 Å². The highest BCUT2D eigenvalue weighted by Crippen LogP contribution is 2.22. The molecule has 0 aliphatic carbocycles. The van der Waals surface area contributed by atoms with Crippen molar-refractivity contribution in [1.29, 1.82) is 0 Å². The molecular formula is C11H15N3O2. The molecule has 1 fully saturated rings. The number of pyridine rings is 1. The largest absolute Gasteiger partial charge is 0.356 e. The first-order chi connectivity index (χ1) is 7.66. The summed E-state index contributed by atoms with van der Waals surface area (Å²) in [5.41, 5.74) is 0.0498. The number of aromatic nitrogens is 1. The van der Waals surface area contributed by atoms with Crippen LogP contribution >= 0.6 is 0 Å². The van der Waals surface area contributed by atoms with Crippen LogP contribution in [0, 0.1) is 16.0 Å². The molecule has 0 unspecified atom stereocenters. The zero-order valence-electron chi connectivity index (χ0n) is 9.30. The van der Waals surface area contributed by atoms with E-state index < -0.39 is 4.92 Å². The Bertz CT molecular complexity index is 377. The summed E-state index contributed by atoms with van der Waals surface area (Å²) in [5, 5.41) is 10.5. The van der Waals surface area contributed by atoms with Crippen LogP contribution in [0.2, 0.25) is 0 Å². The topological polar surface area (TPSA) is 59.3 Å². The van der Waals surface area contributed by atoms with E-state index in [1.807, 2.05) is 0 Å². The van der Waals surface area contributed by atoms with Crippen LogP contribution in [0.5, 0.6) is 0 Å². The van der Waals surface area contributed by atoms with E-state index in [0.29, 0.717) is 5.92 Å². The zero-order chi connectivity index (χ0) is 11.5. The molecule has 5 heteroatoms. The van der Waals surface area contributed by atoms with Gasteiger partial charge in [0.15, 0.2) is 0 Å². The number of hydrogen-bond acceptors (Lipinski definition) is 4. The average Bonchev–Trinajstić information content (AvgIpc) is 2.29. The molecule has 5 nitrogen and oxygen atoms in total. The summed E-state index contributed by atoms with van der Waals surface area (Å²) in [6.07, 6.45) is 3.75. The summed E-state index contributed by atoms with van der Waals surface area (Å²) in [7, 11) is 0. The minimum Gasteiger partial charge on any atom is -0.356 e. The van der Waals surface area contributed by atoms with Gasteiger partial charge < -0.3 is 4.90 Å². The number of anilines is 1. The van der Waals surface area contributed by atoms with Crippen molar-refractivity contribution in [1.82, 2.24) is 4.98 Å². The normalized spacial score (nSPS) is 20.8. The van der Waals surface area contributed by atoms with E-state index in [4.69, 9.17) is 0 Å².